The normalized spacial score (nSPS) is 13.7. The number of hydrogen-bond acceptors (Lipinski definition) is 7. The third-order valence-electron chi connectivity index (χ3n) is 4.85. The molecule has 12 nitrogen and oxygen atoms in total. The number of fused-ring (bicyclic) bond motifs is 1. The molecule has 0 fully saturated rings. The van der Waals surface area contributed by atoms with Gasteiger partial charge in [0.15, 0.2) is 0 Å². The van der Waals surface area contributed by atoms with E-state index >= 15 is 0 Å². The Balaban J connectivity index is 1.27. The summed E-state index contributed by atoms with van der Waals surface area (Å²) in [6.45, 7) is 2.73. The van der Waals surface area contributed by atoms with Gasteiger partial charge in [0, 0.05) is 63.5 Å². The second-order valence-corrected chi connectivity index (χ2v) is 6.78. The molecule has 152 valence electrons. The van der Waals surface area contributed by atoms with E-state index in [0.29, 0.717) is 57.7 Å². The number of nitrogens with one attached hydrogen (secondary N) is 2. The fourth-order valence-corrected chi connectivity index (χ4v) is 3.26. The Morgan fingerprint density at radius 3 is 2.97 bits per heavy atom. The van der Waals surface area contributed by atoms with E-state index in [1.54, 1.807) is 12.4 Å². The average Bonchev–Trinajstić information content (AvgIpc) is 3.47. The summed E-state index contributed by atoms with van der Waals surface area (Å²) in [5.41, 5.74) is 1.37. The van der Waals surface area contributed by atoms with E-state index in [1.807, 2.05) is 15.5 Å². The number of amides is 2. The second-order valence-electron chi connectivity index (χ2n) is 6.78. The third kappa shape index (κ3) is 4.65. The van der Waals surface area contributed by atoms with Gasteiger partial charge < -0.3 is 14.8 Å². The predicted octanol–water partition coefficient (Wildman–Crippen LogP) is -0.960. The van der Waals surface area contributed by atoms with Crippen LogP contribution in [0.5, 0.6) is 0 Å². The highest BCUT2D eigenvalue weighted by molar-refractivity contribution is 5.92. The number of aryl methyl sites for hydroxylation is 1. The van der Waals surface area contributed by atoms with Gasteiger partial charge in [0.1, 0.15) is 17.8 Å². The molecular formula is C17H22N10O2. The predicted molar refractivity (Wildman–Crippen MR) is 99.6 cm³/mol. The summed E-state index contributed by atoms with van der Waals surface area (Å²) in [6, 6.07) is 1.88. The van der Waals surface area contributed by atoms with Crippen molar-refractivity contribution >= 4 is 11.8 Å². The maximum absolute atomic E-state index is 12.5. The van der Waals surface area contributed by atoms with Gasteiger partial charge in [-0.1, -0.05) is 0 Å². The Bertz CT molecular complexity index is 922. The monoisotopic (exact) mass is 398 g/mol. The Labute approximate surface area is 166 Å². The standard InChI is InChI=1S/C17H22N10O2/c28-16(4-8-27-12-20-23-24-27)25-7-3-15-21-14(11-26(15)10-9-25)17(29)18-5-1-13-2-6-19-22-13/h2,6,11-12H,1,3-5,7-10H2,(H,18,29)(H,19,22). The molecule has 0 radical (unpaired) electrons. The van der Waals surface area contributed by atoms with E-state index in [0.717, 1.165) is 11.5 Å². The zero-order chi connectivity index (χ0) is 20.1. The molecule has 3 aromatic rings. The summed E-state index contributed by atoms with van der Waals surface area (Å²) in [4.78, 5) is 31.1. The van der Waals surface area contributed by atoms with Gasteiger partial charge in [0.2, 0.25) is 5.91 Å². The number of carbonyl (C=O) groups is 2. The van der Waals surface area contributed by atoms with E-state index in [2.05, 4.69) is 36.0 Å². The van der Waals surface area contributed by atoms with Gasteiger partial charge >= 0.3 is 0 Å². The van der Waals surface area contributed by atoms with Crippen LogP contribution in [0.4, 0.5) is 0 Å². The lowest BCUT2D eigenvalue weighted by molar-refractivity contribution is -0.131. The molecule has 2 N–H and O–H groups in total. The van der Waals surface area contributed by atoms with Gasteiger partial charge in [-0.05, 0) is 16.5 Å². The zero-order valence-electron chi connectivity index (χ0n) is 15.9. The number of carbonyl (C=O) groups excluding carboxylic acids is 2. The maximum atomic E-state index is 12.5. The van der Waals surface area contributed by atoms with Crippen molar-refractivity contribution in [2.24, 2.45) is 0 Å². The second kappa shape index (κ2) is 8.63. The van der Waals surface area contributed by atoms with Gasteiger partial charge in [-0.15, -0.1) is 5.10 Å². The van der Waals surface area contributed by atoms with Crippen LogP contribution in [-0.4, -0.2) is 76.3 Å². The minimum absolute atomic E-state index is 0.0584. The van der Waals surface area contributed by atoms with Crippen molar-refractivity contribution in [3.63, 3.8) is 0 Å². The van der Waals surface area contributed by atoms with Gasteiger partial charge in [-0.3, -0.25) is 14.7 Å². The van der Waals surface area contributed by atoms with Gasteiger partial charge in [-0.25, -0.2) is 9.67 Å². The quantitative estimate of drug-likeness (QED) is 0.522. The molecule has 1 aliphatic rings. The molecule has 0 aliphatic carbocycles. The van der Waals surface area contributed by atoms with Crippen LogP contribution in [0.2, 0.25) is 0 Å². The first-order valence-electron chi connectivity index (χ1n) is 9.50. The summed E-state index contributed by atoms with van der Waals surface area (Å²) in [7, 11) is 0. The number of nitrogens with zero attached hydrogens (tertiary/aromatic N) is 8. The maximum Gasteiger partial charge on any atom is 0.271 e. The van der Waals surface area contributed by atoms with Gasteiger partial charge in [0.25, 0.3) is 5.91 Å². The molecule has 2 amide bonds. The number of aromatic amines is 1. The van der Waals surface area contributed by atoms with Crippen LogP contribution in [0.3, 0.4) is 0 Å². The fourth-order valence-electron chi connectivity index (χ4n) is 3.26. The van der Waals surface area contributed by atoms with E-state index in [1.165, 1.54) is 11.0 Å². The zero-order valence-corrected chi connectivity index (χ0v) is 15.9. The van der Waals surface area contributed by atoms with E-state index in [4.69, 9.17) is 0 Å². The van der Waals surface area contributed by atoms with Crippen molar-refractivity contribution in [2.75, 3.05) is 19.6 Å². The molecule has 0 unspecified atom stereocenters. The first kappa shape index (κ1) is 18.8. The Morgan fingerprint density at radius 2 is 2.17 bits per heavy atom. The van der Waals surface area contributed by atoms with Crippen molar-refractivity contribution < 1.29 is 9.59 Å². The van der Waals surface area contributed by atoms with Crippen LogP contribution < -0.4 is 5.32 Å². The summed E-state index contributed by atoms with van der Waals surface area (Å²) < 4.78 is 3.50. The number of tetrazole rings is 1. The van der Waals surface area contributed by atoms with Crippen LogP contribution in [0, 0.1) is 0 Å². The SMILES string of the molecule is O=C(NCCc1ccn[nH]1)c1cn2c(n1)CCN(C(=O)CCn1cnnn1)CC2. The van der Waals surface area contributed by atoms with E-state index < -0.39 is 0 Å². The molecular weight excluding hydrogens is 376 g/mol. The summed E-state index contributed by atoms with van der Waals surface area (Å²) >= 11 is 0. The number of imidazole rings is 1. The van der Waals surface area contributed by atoms with E-state index in [9.17, 15) is 9.59 Å². The van der Waals surface area contributed by atoms with Crippen LogP contribution in [0.15, 0.2) is 24.8 Å². The molecule has 4 heterocycles. The topological polar surface area (TPSA) is 140 Å². The highest BCUT2D eigenvalue weighted by Crippen LogP contribution is 2.11. The Kier molecular flexibility index (Phi) is 5.59. The van der Waals surface area contributed by atoms with E-state index in [-0.39, 0.29) is 11.8 Å². The molecule has 29 heavy (non-hydrogen) atoms. The first-order chi connectivity index (χ1) is 14.2. The lowest BCUT2D eigenvalue weighted by atomic mass is 10.3. The lowest BCUT2D eigenvalue weighted by Gasteiger charge is -2.19. The molecule has 3 aromatic heterocycles. The minimum atomic E-state index is -0.195. The van der Waals surface area contributed by atoms with Crippen LogP contribution in [0.25, 0.3) is 0 Å². The van der Waals surface area contributed by atoms with Gasteiger partial charge in [0.05, 0.1) is 6.54 Å². The lowest BCUT2D eigenvalue weighted by Crippen LogP contribution is -2.34. The van der Waals surface area contributed by atoms with Crippen molar-refractivity contribution in [1.29, 1.82) is 0 Å². The average molecular weight is 398 g/mol. The highest BCUT2D eigenvalue weighted by atomic mass is 16.2. The van der Waals surface area contributed by atoms with Crippen LogP contribution in [-0.2, 0) is 30.7 Å². The van der Waals surface area contributed by atoms with Crippen LogP contribution in [0.1, 0.15) is 28.4 Å². The summed E-state index contributed by atoms with van der Waals surface area (Å²) in [5, 5.41) is 20.5. The molecule has 1 aliphatic heterocycles. The Hall–Kier alpha value is -3.57. The van der Waals surface area contributed by atoms with Crippen molar-refractivity contribution in [1.82, 2.24) is 50.2 Å². The first-order valence-corrected chi connectivity index (χ1v) is 9.50. The molecule has 0 saturated heterocycles. The fraction of sp³-hybridized carbons (Fsp3) is 0.471. The van der Waals surface area contributed by atoms with Crippen molar-refractivity contribution in [3.8, 4) is 0 Å². The van der Waals surface area contributed by atoms with Crippen molar-refractivity contribution in [2.45, 2.75) is 32.4 Å². The summed E-state index contributed by atoms with van der Waals surface area (Å²) in [6.07, 6.45) is 6.57. The smallest absolute Gasteiger partial charge is 0.271 e. The number of rotatable bonds is 7. The van der Waals surface area contributed by atoms with Crippen LogP contribution >= 0.6 is 0 Å². The molecule has 12 heteroatoms. The Morgan fingerprint density at radius 1 is 1.24 bits per heavy atom. The number of aromatic nitrogens is 8. The highest BCUT2D eigenvalue weighted by Gasteiger charge is 2.21. The molecule has 0 aromatic carbocycles. The molecule has 0 bridgehead atoms. The molecule has 0 atom stereocenters. The largest absolute Gasteiger partial charge is 0.350 e. The number of hydrogen-bond donors (Lipinski definition) is 2. The minimum Gasteiger partial charge on any atom is -0.350 e. The number of H-pyrrole nitrogens is 1. The summed E-state index contributed by atoms with van der Waals surface area (Å²) in [5.74, 6) is 0.682. The third-order valence-corrected chi connectivity index (χ3v) is 4.85. The van der Waals surface area contributed by atoms with Crippen molar-refractivity contribution in [3.05, 3.63) is 42.0 Å². The van der Waals surface area contributed by atoms with Gasteiger partial charge in [-0.2, -0.15) is 5.10 Å². The molecule has 0 saturated carbocycles. The molecule has 0 spiro atoms. The molecule has 4 rings (SSSR count).